The fourth-order valence-electron chi connectivity index (χ4n) is 3.24. The lowest BCUT2D eigenvalue weighted by Gasteiger charge is -2.33. The van der Waals surface area contributed by atoms with Crippen LogP contribution in [0.1, 0.15) is 32.6 Å². The van der Waals surface area contributed by atoms with Crippen LogP contribution in [0.3, 0.4) is 0 Å². The lowest BCUT2D eigenvalue weighted by atomic mass is 9.96. The number of carbonyl (C=O) groups excluding carboxylic acids is 2. The second-order valence-corrected chi connectivity index (χ2v) is 7.36. The van der Waals surface area contributed by atoms with Gasteiger partial charge in [-0.1, -0.05) is 6.92 Å². The smallest absolute Gasteiger partial charge is 0.317 e. The van der Waals surface area contributed by atoms with E-state index in [4.69, 9.17) is 0 Å². The highest BCUT2D eigenvalue weighted by Crippen LogP contribution is 2.18. The molecule has 3 amide bonds. The van der Waals surface area contributed by atoms with E-state index >= 15 is 0 Å². The molecule has 2 aliphatic heterocycles. The predicted octanol–water partition coefficient (Wildman–Crippen LogP) is 1.23. The summed E-state index contributed by atoms with van der Waals surface area (Å²) in [5.41, 5.74) is 0. The summed E-state index contributed by atoms with van der Waals surface area (Å²) in [4.78, 5) is 29.7. The van der Waals surface area contributed by atoms with Gasteiger partial charge in [0.25, 0.3) is 0 Å². The Morgan fingerprint density at radius 2 is 1.65 bits per heavy atom. The molecule has 0 aliphatic carbocycles. The van der Waals surface area contributed by atoms with Crippen molar-refractivity contribution in [1.82, 2.24) is 20.0 Å². The van der Waals surface area contributed by atoms with Crippen LogP contribution in [0.15, 0.2) is 0 Å². The van der Waals surface area contributed by atoms with Crippen LogP contribution >= 0.6 is 0 Å². The van der Waals surface area contributed by atoms with E-state index in [0.717, 1.165) is 64.3 Å². The Labute approximate surface area is 140 Å². The fourth-order valence-corrected chi connectivity index (χ4v) is 3.24. The molecular weight excluding hydrogens is 292 g/mol. The van der Waals surface area contributed by atoms with Crippen molar-refractivity contribution in [3.63, 3.8) is 0 Å². The number of hydrogen-bond donors (Lipinski definition) is 1. The van der Waals surface area contributed by atoms with Crippen LogP contribution in [0, 0.1) is 11.8 Å². The van der Waals surface area contributed by atoms with Crippen LogP contribution in [0.25, 0.3) is 0 Å². The number of carbonyl (C=O) groups is 2. The topological polar surface area (TPSA) is 55.9 Å². The highest BCUT2D eigenvalue weighted by atomic mass is 16.2. The number of amides is 3. The summed E-state index contributed by atoms with van der Waals surface area (Å²) in [5.74, 6) is 1.44. The third kappa shape index (κ3) is 5.68. The Kier molecular flexibility index (Phi) is 6.69. The summed E-state index contributed by atoms with van der Waals surface area (Å²) in [5, 5.41) is 3.10. The molecule has 0 radical (unpaired) electrons. The first kappa shape index (κ1) is 18.0. The third-order valence-corrected chi connectivity index (χ3v) is 5.18. The van der Waals surface area contributed by atoms with Gasteiger partial charge in [0.15, 0.2) is 0 Å². The van der Waals surface area contributed by atoms with Gasteiger partial charge >= 0.3 is 6.03 Å². The first-order chi connectivity index (χ1) is 11.0. The van der Waals surface area contributed by atoms with Crippen LogP contribution < -0.4 is 5.32 Å². The second kappa shape index (κ2) is 8.52. The number of hydrogen-bond acceptors (Lipinski definition) is 3. The van der Waals surface area contributed by atoms with Gasteiger partial charge in [-0.3, -0.25) is 9.69 Å². The molecule has 2 saturated heterocycles. The number of rotatable bonds is 4. The number of urea groups is 1. The quantitative estimate of drug-likeness (QED) is 0.846. The second-order valence-electron chi connectivity index (χ2n) is 7.36. The largest absolute Gasteiger partial charge is 0.348 e. The fraction of sp³-hybridized carbons (Fsp3) is 0.882. The summed E-state index contributed by atoms with van der Waals surface area (Å²) >= 11 is 0. The van der Waals surface area contributed by atoms with Crippen LogP contribution in [0.4, 0.5) is 4.79 Å². The maximum absolute atomic E-state index is 12.2. The Hall–Kier alpha value is -1.30. The number of likely N-dealkylation sites (tertiary alicyclic amines) is 2. The minimum Gasteiger partial charge on any atom is -0.348 e. The molecule has 6 heteroatoms. The molecule has 0 unspecified atom stereocenters. The van der Waals surface area contributed by atoms with E-state index in [1.807, 2.05) is 4.90 Å². The number of nitrogens with zero attached hydrogens (tertiary/aromatic N) is 3. The zero-order valence-electron chi connectivity index (χ0n) is 14.9. The van der Waals surface area contributed by atoms with E-state index in [2.05, 4.69) is 17.1 Å². The lowest BCUT2D eigenvalue weighted by molar-refractivity contribution is -0.130. The van der Waals surface area contributed by atoms with Crippen molar-refractivity contribution in [2.75, 3.05) is 53.4 Å². The standard InChI is InChI=1S/C17H32N4O2/c1-14-4-10-21(11-5-14)17(23)18-12-15-6-8-20(9-7-15)13-16(22)19(2)3/h14-15H,4-13H2,1-3H3,(H,18,23). The molecule has 23 heavy (non-hydrogen) atoms. The molecule has 2 fully saturated rings. The zero-order chi connectivity index (χ0) is 16.8. The van der Waals surface area contributed by atoms with Crippen LogP contribution in [0.5, 0.6) is 0 Å². The van der Waals surface area contributed by atoms with E-state index in [1.54, 1.807) is 19.0 Å². The van der Waals surface area contributed by atoms with Crippen molar-refractivity contribution in [2.24, 2.45) is 11.8 Å². The van der Waals surface area contributed by atoms with Crippen molar-refractivity contribution in [3.8, 4) is 0 Å². The zero-order valence-corrected chi connectivity index (χ0v) is 14.9. The minimum absolute atomic E-state index is 0.0992. The summed E-state index contributed by atoms with van der Waals surface area (Å²) < 4.78 is 0. The van der Waals surface area contributed by atoms with E-state index < -0.39 is 0 Å². The van der Waals surface area contributed by atoms with Crippen molar-refractivity contribution >= 4 is 11.9 Å². The van der Waals surface area contributed by atoms with Gasteiger partial charge in [0, 0.05) is 33.7 Å². The molecular formula is C17H32N4O2. The lowest BCUT2D eigenvalue weighted by Crippen LogP contribution is -2.47. The van der Waals surface area contributed by atoms with Gasteiger partial charge in [-0.2, -0.15) is 0 Å². The van der Waals surface area contributed by atoms with Crippen molar-refractivity contribution in [1.29, 1.82) is 0 Å². The van der Waals surface area contributed by atoms with Gasteiger partial charge in [0.1, 0.15) is 0 Å². The van der Waals surface area contributed by atoms with E-state index in [1.165, 1.54) is 0 Å². The van der Waals surface area contributed by atoms with Crippen molar-refractivity contribution in [3.05, 3.63) is 0 Å². The highest BCUT2D eigenvalue weighted by molar-refractivity contribution is 5.77. The van der Waals surface area contributed by atoms with Crippen molar-refractivity contribution in [2.45, 2.75) is 32.6 Å². The summed E-state index contributed by atoms with van der Waals surface area (Å²) in [7, 11) is 3.60. The molecule has 0 spiro atoms. The summed E-state index contributed by atoms with van der Waals surface area (Å²) in [6, 6.07) is 0.0992. The molecule has 6 nitrogen and oxygen atoms in total. The van der Waals surface area contributed by atoms with Gasteiger partial charge in [-0.05, 0) is 50.6 Å². The average molecular weight is 324 g/mol. The Morgan fingerprint density at radius 3 is 2.22 bits per heavy atom. The monoisotopic (exact) mass is 324 g/mol. The van der Waals surface area contributed by atoms with E-state index in [-0.39, 0.29) is 11.9 Å². The molecule has 0 aromatic heterocycles. The van der Waals surface area contributed by atoms with Crippen molar-refractivity contribution < 1.29 is 9.59 Å². The first-order valence-electron chi connectivity index (χ1n) is 8.91. The van der Waals surface area contributed by atoms with Crippen LogP contribution in [0.2, 0.25) is 0 Å². The first-order valence-corrected chi connectivity index (χ1v) is 8.91. The molecule has 132 valence electrons. The Bertz CT molecular complexity index is 397. The van der Waals surface area contributed by atoms with Gasteiger partial charge in [0.2, 0.25) is 5.91 Å². The minimum atomic E-state index is 0.0992. The maximum Gasteiger partial charge on any atom is 0.317 e. The maximum atomic E-state index is 12.2. The molecule has 0 atom stereocenters. The van der Waals surface area contributed by atoms with Crippen LogP contribution in [-0.2, 0) is 4.79 Å². The molecule has 0 bridgehead atoms. The average Bonchev–Trinajstić information content (AvgIpc) is 2.54. The van der Waals surface area contributed by atoms with Gasteiger partial charge < -0.3 is 15.1 Å². The number of likely N-dealkylation sites (N-methyl/N-ethyl adjacent to an activating group) is 1. The molecule has 2 aliphatic rings. The van der Waals surface area contributed by atoms with Gasteiger partial charge in [-0.15, -0.1) is 0 Å². The number of piperidine rings is 2. The van der Waals surface area contributed by atoms with Gasteiger partial charge in [-0.25, -0.2) is 4.79 Å². The predicted molar refractivity (Wildman–Crippen MR) is 91.2 cm³/mol. The number of nitrogens with one attached hydrogen (secondary N) is 1. The Balaban J connectivity index is 1.63. The summed E-state index contributed by atoms with van der Waals surface area (Å²) in [6.45, 7) is 7.20. The third-order valence-electron chi connectivity index (χ3n) is 5.18. The Morgan fingerprint density at radius 1 is 1.04 bits per heavy atom. The van der Waals surface area contributed by atoms with Gasteiger partial charge in [0.05, 0.1) is 6.54 Å². The summed E-state index contributed by atoms with van der Waals surface area (Å²) in [6.07, 6.45) is 4.34. The highest BCUT2D eigenvalue weighted by Gasteiger charge is 2.24. The SMILES string of the molecule is CC1CCN(C(=O)NCC2CCN(CC(=O)N(C)C)CC2)CC1. The molecule has 2 heterocycles. The normalized spacial score (nSPS) is 21.3. The molecule has 0 aromatic rings. The molecule has 0 aromatic carbocycles. The molecule has 0 saturated carbocycles. The van der Waals surface area contributed by atoms with E-state index in [0.29, 0.717) is 12.5 Å². The van der Waals surface area contributed by atoms with E-state index in [9.17, 15) is 9.59 Å². The van der Waals surface area contributed by atoms with Crippen LogP contribution in [-0.4, -0.2) is 80.0 Å². The molecule has 2 rings (SSSR count). The molecule has 1 N–H and O–H groups in total.